The lowest BCUT2D eigenvalue weighted by Crippen LogP contribution is -2.48. The number of likely N-dealkylation sites (tertiary alicyclic amines) is 1. The van der Waals surface area contributed by atoms with E-state index < -0.39 is 0 Å². The number of benzene rings is 1. The fourth-order valence-electron chi connectivity index (χ4n) is 3.90. The van der Waals surface area contributed by atoms with Gasteiger partial charge in [0.2, 0.25) is 17.7 Å². The average Bonchev–Trinajstić information content (AvgIpc) is 3.33. The van der Waals surface area contributed by atoms with Crippen molar-refractivity contribution in [3.8, 4) is 0 Å². The molecule has 0 spiro atoms. The van der Waals surface area contributed by atoms with E-state index in [1.165, 1.54) is 12.3 Å². The summed E-state index contributed by atoms with van der Waals surface area (Å²) >= 11 is 0. The third kappa shape index (κ3) is 6.83. The summed E-state index contributed by atoms with van der Waals surface area (Å²) in [4.78, 5) is 38.9. The Morgan fingerprint density at radius 1 is 1.12 bits per heavy atom. The highest BCUT2D eigenvalue weighted by molar-refractivity contribution is 5.91. The Balaban J connectivity index is 1.35. The van der Waals surface area contributed by atoms with Gasteiger partial charge in [0.05, 0.1) is 12.2 Å². The molecule has 0 radical (unpaired) electrons. The van der Waals surface area contributed by atoms with Gasteiger partial charge in [-0.3, -0.25) is 14.4 Å². The lowest BCUT2D eigenvalue weighted by molar-refractivity contribution is -0.134. The zero-order chi connectivity index (χ0) is 22.8. The highest BCUT2D eigenvalue weighted by Gasteiger charge is 2.28. The third-order valence-corrected chi connectivity index (χ3v) is 5.67. The Labute approximate surface area is 188 Å². The molecule has 2 heterocycles. The van der Waals surface area contributed by atoms with Crippen LogP contribution in [0, 0.1) is 0 Å². The molecule has 7 heteroatoms. The van der Waals surface area contributed by atoms with Gasteiger partial charge < -0.3 is 20.0 Å². The molecule has 1 aliphatic rings. The molecule has 0 aliphatic carbocycles. The molecule has 0 saturated carbocycles. The zero-order valence-electron chi connectivity index (χ0n) is 18.5. The fourth-order valence-corrected chi connectivity index (χ4v) is 3.90. The maximum Gasteiger partial charge on any atom is 0.244 e. The summed E-state index contributed by atoms with van der Waals surface area (Å²) < 4.78 is 5.12. The highest BCUT2D eigenvalue weighted by Crippen LogP contribution is 2.24. The first-order chi connectivity index (χ1) is 15.6. The van der Waals surface area contributed by atoms with Crippen LogP contribution >= 0.6 is 0 Å². The molecule has 0 bridgehead atoms. The molecular weight excluding hydrogens is 406 g/mol. The fraction of sp³-hybridized carbons (Fsp3) is 0.400. The van der Waals surface area contributed by atoms with E-state index in [0.717, 1.165) is 24.8 Å². The lowest BCUT2D eigenvalue weighted by Gasteiger charge is -2.34. The van der Waals surface area contributed by atoms with Gasteiger partial charge in [0.25, 0.3) is 0 Å². The predicted molar refractivity (Wildman–Crippen MR) is 123 cm³/mol. The van der Waals surface area contributed by atoms with Crippen molar-refractivity contribution in [2.45, 2.75) is 44.6 Å². The number of carbonyl (C=O) groups is 3. The molecule has 1 aromatic carbocycles. The molecule has 1 unspecified atom stereocenters. The van der Waals surface area contributed by atoms with Gasteiger partial charge in [0.15, 0.2) is 0 Å². The van der Waals surface area contributed by atoms with Crippen molar-refractivity contribution >= 4 is 23.8 Å². The van der Waals surface area contributed by atoms with Crippen LogP contribution in [0.3, 0.4) is 0 Å². The van der Waals surface area contributed by atoms with Crippen LogP contribution in [0.5, 0.6) is 0 Å². The number of nitrogens with one attached hydrogen (secondary N) is 2. The smallest absolute Gasteiger partial charge is 0.244 e. The summed E-state index contributed by atoms with van der Waals surface area (Å²) in [5.74, 6) is 0.268. The minimum Gasteiger partial charge on any atom is -0.465 e. The lowest BCUT2D eigenvalue weighted by atomic mass is 9.93. The van der Waals surface area contributed by atoms with Gasteiger partial charge in [-0.2, -0.15) is 0 Å². The van der Waals surface area contributed by atoms with E-state index in [0.29, 0.717) is 18.8 Å². The second-order valence-electron chi connectivity index (χ2n) is 7.93. The largest absolute Gasteiger partial charge is 0.465 e. The summed E-state index contributed by atoms with van der Waals surface area (Å²) in [6.07, 6.45) is 6.94. The predicted octanol–water partition coefficient (Wildman–Crippen LogP) is 3.10. The molecule has 32 heavy (non-hydrogen) atoms. The van der Waals surface area contributed by atoms with Gasteiger partial charge in [-0.25, -0.2) is 0 Å². The Hall–Kier alpha value is -3.35. The summed E-state index contributed by atoms with van der Waals surface area (Å²) in [6.45, 7) is 3.58. The van der Waals surface area contributed by atoms with Gasteiger partial charge in [-0.05, 0) is 43.0 Å². The van der Waals surface area contributed by atoms with E-state index >= 15 is 0 Å². The summed E-state index contributed by atoms with van der Waals surface area (Å²) in [6, 6.07) is 13.4. The van der Waals surface area contributed by atoms with E-state index in [2.05, 4.69) is 10.6 Å². The van der Waals surface area contributed by atoms with Crippen LogP contribution in [0.15, 0.2) is 59.2 Å². The van der Waals surface area contributed by atoms with Gasteiger partial charge in [-0.15, -0.1) is 0 Å². The molecule has 2 N–H and O–H groups in total. The van der Waals surface area contributed by atoms with Crippen LogP contribution in [0.2, 0.25) is 0 Å². The van der Waals surface area contributed by atoms with Crippen molar-refractivity contribution in [2.24, 2.45) is 0 Å². The number of hydrogen-bond acceptors (Lipinski definition) is 4. The Morgan fingerprint density at radius 2 is 1.88 bits per heavy atom. The van der Waals surface area contributed by atoms with Crippen molar-refractivity contribution in [3.63, 3.8) is 0 Å². The van der Waals surface area contributed by atoms with Gasteiger partial charge in [0.1, 0.15) is 5.76 Å². The molecule has 7 nitrogen and oxygen atoms in total. The molecule has 170 valence electrons. The highest BCUT2D eigenvalue weighted by atomic mass is 16.3. The van der Waals surface area contributed by atoms with Crippen molar-refractivity contribution in [2.75, 3.05) is 19.6 Å². The zero-order valence-corrected chi connectivity index (χ0v) is 18.5. The Kier molecular flexibility index (Phi) is 8.66. The van der Waals surface area contributed by atoms with Crippen LogP contribution in [0.1, 0.15) is 49.8 Å². The molecule has 3 rings (SSSR count). The second kappa shape index (κ2) is 11.9. The van der Waals surface area contributed by atoms with E-state index in [1.807, 2.05) is 42.2 Å². The van der Waals surface area contributed by atoms with Crippen LogP contribution < -0.4 is 10.6 Å². The number of piperidine rings is 1. The minimum absolute atomic E-state index is 0.0536. The number of nitrogens with zero attached hydrogens (tertiary/aromatic N) is 1. The van der Waals surface area contributed by atoms with Crippen molar-refractivity contribution in [3.05, 3.63) is 66.1 Å². The molecular formula is C25H31N3O4. The van der Waals surface area contributed by atoms with Crippen LogP contribution in [0.4, 0.5) is 0 Å². The normalized spacial score (nSPS) is 15.5. The van der Waals surface area contributed by atoms with Crippen molar-refractivity contribution in [1.29, 1.82) is 0 Å². The number of carbonyl (C=O) groups excluding carboxylic acids is 3. The van der Waals surface area contributed by atoms with Gasteiger partial charge in [-0.1, -0.05) is 37.3 Å². The summed E-state index contributed by atoms with van der Waals surface area (Å²) in [5.41, 5.74) is 1.05. The van der Waals surface area contributed by atoms with Gasteiger partial charge in [0, 0.05) is 38.2 Å². The summed E-state index contributed by atoms with van der Waals surface area (Å²) in [7, 11) is 0. The molecule has 2 aromatic rings. The maximum absolute atomic E-state index is 13.0. The standard InChI is InChI=1S/C25H31N3O4/c1-2-22(19-7-4-3-5-8-19)25(31)28-16-13-20(14-17-28)27-24(30)12-15-26-23(29)11-10-21-9-6-18-32-21/h3-11,18,20,22H,2,12-17H2,1H3,(H,26,29)(H,27,30)/b11-10+. The molecule has 3 amide bonds. The number of amides is 3. The van der Waals surface area contributed by atoms with Crippen LogP contribution in [-0.2, 0) is 14.4 Å². The molecule has 1 saturated heterocycles. The molecule has 1 atom stereocenters. The first-order valence-corrected chi connectivity index (χ1v) is 11.2. The van der Waals surface area contributed by atoms with Crippen LogP contribution in [-0.4, -0.2) is 48.3 Å². The van der Waals surface area contributed by atoms with Crippen LogP contribution in [0.25, 0.3) is 6.08 Å². The molecule has 1 aromatic heterocycles. The third-order valence-electron chi connectivity index (χ3n) is 5.67. The minimum atomic E-state index is -0.273. The number of rotatable bonds is 9. The first kappa shape index (κ1) is 23.3. The topological polar surface area (TPSA) is 91.7 Å². The van der Waals surface area contributed by atoms with Gasteiger partial charge >= 0.3 is 0 Å². The van der Waals surface area contributed by atoms with E-state index in [1.54, 1.807) is 18.2 Å². The van der Waals surface area contributed by atoms with E-state index in [4.69, 9.17) is 4.42 Å². The monoisotopic (exact) mass is 437 g/mol. The SMILES string of the molecule is CCC(C(=O)N1CCC(NC(=O)CCNC(=O)/C=C/c2ccco2)CC1)c1ccccc1. The number of furan rings is 1. The Bertz CT molecular complexity index is 901. The summed E-state index contributed by atoms with van der Waals surface area (Å²) in [5, 5.41) is 5.71. The molecule has 1 fully saturated rings. The quantitative estimate of drug-likeness (QED) is 0.590. The average molecular weight is 438 g/mol. The second-order valence-corrected chi connectivity index (χ2v) is 7.93. The Morgan fingerprint density at radius 3 is 2.53 bits per heavy atom. The van der Waals surface area contributed by atoms with E-state index in [-0.39, 0.29) is 42.6 Å². The maximum atomic E-state index is 13.0. The molecule has 1 aliphatic heterocycles. The number of hydrogen-bond donors (Lipinski definition) is 2. The first-order valence-electron chi connectivity index (χ1n) is 11.2. The van der Waals surface area contributed by atoms with Crippen molar-refractivity contribution in [1.82, 2.24) is 15.5 Å². The van der Waals surface area contributed by atoms with E-state index in [9.17, 15) is 14.4 Å². The van der Waals surface area contributed by atoms with Crippen molar-refractivity contribution < 1.29 is 18.8 Å².